The number of nitro groups is 1. The van der Waals surface area contributed by atoms with Crippen LogP contribution in [0.3, 0.4) is 0 Å². The molecule has 0 unspecified atom stereocenters. The molecule has 0 bridgehead atoms. The highest BCUT2D eigenvalue weighted by atomic mass is 32.1. The zero-order valence-corrected chi connectivity index (χ0v) is 16.3. The number of non-ortho nitro benzene ring substituents is 1. The Morgan fingerprint density at radius 1 is 1.23 bits per heavy atom. The van der Waals surface area contributed by atoms with Crippen molar-refractivity contribution in [1.29, 1.82) is 0 Å². The Morgan fingerprint density at radius 2 is 1.97 bits per heavy atom. The molecule has 156 valence electrons. The maximum absolute atomic E-state index is 12.2. The molecule has 8 nitrogen and oxygen atoms in total. The van der Waals surface area contributed by atoms with Crippen LogP contribution in [-0.4, -0.2) is 29.0 Å². The van der Waals surface area contributed by atoms with Crippen LogP contribution in [0.1, 0.15) is 4.88 Å². The summed E-state index contributed by atoms with van der Waals surface area (Å²) in [6.45, 7) is -1.44. The minimum absolute atomic E-state index is 0.0356. The number of nitrogens with one attached hydrogen (secondary N) is 1. The van der Waals surface area contributed by atoms with E-state index >= 15 is 0 Å². The summed E-state index contributed by atoms with van der Waals surface area (Å²) < 4.78 is 34.1. The van der Waals surface area contributed by atoms with Crippen molar-refractivity contribution < 1.29 is 28.0 Å². The number of carbonyl (C=O) groups excluding carboxylic acids is 1. The quantitative estimate of drug-likeness (QED) is 0.408. The third kappa shape index (κ3) is 5.47. The first-order valence-corrected chi connectivity index (χ1v) is 9.33. The van der Waals surface area contributed by atoms with Crippen molar-refractivity contribution in [3.05, 3.63) is 63.5 Å². The van der Waals surface area contributed by atoms with Gasteiger partial charge in [0.15, 0.2) is 11.7 Å². The van der Waals surface area contributed by atoms with Crippen molar-refractivity contribution in [2.45, 2.75) is 13.5 Å². The second kappa shape index (κ2) is 9.27. The van der Waals surface area contributed by atoms with Crippen LogP contribution in [0.2, 0.25) is 0 Å². The summed E-state index contributed by atoms with van der Waals surface area (Å²) in [7, 11) is 0. The Balaban J connectivity index is 1.62. The number of nitro benzene ring substituents is 1. The molecule has 0 spiro atoms. The van der Waals surface area contributed by atoms with E-state index in [2.05, 4.69) is 15.0 Å². The fourth-order valence-corrected chi connectivity index (χ4v) is 3.36. The number of rotatable bonds is 8. The lowest BCUT2D eigenvalue weighted by atomic mass is 10.1. The average Bonchev–Trinajstić information content (AvgIpc) is 3.06. The molecule has 0 radical (unpaired) electrons. The van der Waals surface area contributed by atoms with E-state index in [0.29, 0.717) is 16.4 Å². The van der Waals surface area contributed by atoms with Gasteiger partial charge in [-0.1, -0.05) is 6.07 Å². The minimum atomic E-state index is -2.90. The highest BCUT2D eigenvalue weighted by Gasteiger charge is 2.14. The number of amides is 1. The van der Waals surface area contributed by atoms with E-state index in [9.17, 15) is 23.7 Å². The maximum atomic E-state index is 12.2. The van der Waals surface area contributed by atoms with Crippen molar-refractivity contribution in [3.8, 4) is 22.8 Å². The first-order chi connectivity index (χ1) is 14.3. The van der Waals surface area contributed by atoms with Gasteiger partial charge in [-0.15, -0.1) is 11.3 Å². The van der Waals surface area contributed by atoms with Crippen LogP contribution in [0.5, 0.6) is 11.5 Å². The molecule has 0 saturated heterocycles. The number of benzene rings is 2. The van der Waals surface area contributed by atoms with Gasteiger partial charge in [0.25, 0.3) is 11.6 Å². The van der Waals surface area contributed by atoms with Crippen LogP contribution in [0.4, 0.5) is 19.6 Å². The Labute approximate surface area is 173 Å². The van der Waals surface area contributed by atoms with E-state index in [1.54, 1.807) is 12.1 Å². The van der Waals surface area contributed by atoms with Gasteiger partial charge in [0.2, 0.25) is 0 Å². The topological polar surface area (TPSA) is 104 Å². The summed E-state index contributed by atoms with van der Waals surface area (Å²) >= 11 is 1.24. The zero-order chi connectivity index (χ0) is 21.7. The lowest BCUT2D eigenvalue weighted by Gasteiger charge is -2.06. The van der Waals surface area contributed by atoms with Crippen molar-refractivity contribution in [2.24, 2.45) is 0 Å². The van der Waals surface area contributed by atoms with Crippen LogP contribution in [0.15, 0.2) is 48.5 Å². The predicted molar refractivity (Wildman–Crippen MR) is 106 cm³/mol. The highest BCUT2D eigenvalue weighted by Crippen LogP contribution is 2.31. The van der Waals surface area contributed by atoms with Gasteiger partial charge in [0.05, 0.1) is 16.7 Å². The van der Waals surface area contributed by atoms with Crippen LogP contribution in [0.25, 0.3) is 11.3 Å². The molecule has 1 amide bonds. The number of halogens is 2. The second-order valence-electron chi connectivity index (χ2n) is 5.92. The van der Waals surface area contributed by atoms with Gasteiger partial charge in [-0.3, -0.25) is 20.2 Å². The molecule has 0 saturated carbocycles. The number of hydrogen-bond acceptors (Lipinski definition) is 7. The van der Waals surface area contributed by atoms with Crippen LogP contribution in [0, 0.1) is 17.0 Å². The monoisotopic (exact) mass is 435 g/mol. The molecular formula is C19H15F2N3O5S. The van der Waals surface area contributed by atoms with E-state index in [0.717, 1.165) is 4.88 Å². The first-order valence-electron chi connectivity index (χ1n) is 8.51. The largest absolute Gasteiger partial charge is 0.484 e. The lowest BCUT2D eigenvalue weighted by molar-refractivity contribution is -0.384. The van der Waals surface area contributed by atoms with E-state index in [4.69, 9.17) is 4.74 Å². The maximum Gasteiger partial charge on any atom is 0.387 e. The fraction of sp³-hybridized carbons (Fsp3) is 0.158. The van der Waals surface area contributed by atoms with Crippen molar-refractivity contribution in [2.75, 3.05) is 11.9 Å². The minimum Gasteiger partial charge on any atom is -0.484 e. The summed E-state index contributed by atoms with van der Waals surface area (Å²) in [5.74, 6) is -0.252. The molecule has 1 N–H and O–H groups in total. The van der Waals surface area contributed by atoms with E-state index in [-0.39, 0.29) is 23.8 Å². The number of thiazole rings is 1. The second-order valence-corrected chi connectivity index (χ2v) is 7.12. The van der Waals surface area contributed by atoms with Gasteiger partial charge in [-0.25, -0.2) is 4.98 Å². The van der Waals surface area contributed by atoms with Crippen molar-refractivity contribution in [1.82, 2.24) is 4.98 Å². The number of carbonyl (C=O) groups is 1. The van der Waals surface area contributed by atoms with E-state index in [1.807, 2.05) is 6.92 Å². The fourth-order valence-electron chi connectivity index (χ4n) is 2.50. The SMILES string of the molecule is Cc1sc(NC(=O)COc2cccc([N+](=O)[O-])c2)nc1-c1ccc(OC(F)F)cc1. The molecule has 3 rings (SSSR count). The number of aromatic nitrogens is 1. The number of aryl methyl sites for hydroxylation is 1. The molecule has 0 atom stereocenters. The molecule has 3 aromatic rings. The first kappa shape index (κ1) is 21.1. The number of ether oxygens (including phenoxy) is 2. The number of nitrogens with zero attached hydrogens (tertiary/aromatic N) is 2. The van der Waals surface area contributed by atoms with Gasteiger partial charge in [0.1, 0.15) is 11.5 Å². The highest BCUT2D eigenvalue weighted by molar-refractivity contribution is 7.16. The molecule has 0 aliphatic rings. The molecule has 1 aromatic heterocycles. The summed E-state index contributed by atoms with van der Waals surface area (Å²) in [6.07, 6.45) is 0. The summed E-state index contributed by atoms with van der Waals surface area (Å²) in [5.41, 5.74) is 1.13. The molecule has 0 fully saturated rings. The molecule has 0 aliphatic carbocycles. The van der Waals surface area contributed by atoms with E-state index in [1.165, 1.54) is 47.7 Å². The molecular weight excluding hydrogens is 420 g/mol. The van der Waals surface area contributed by atoms with Crippen LogP contribution in [-0.2, 0) is 4.79 Å². The molecule has 30 heavy (non-hydrogen) atoms. The Morgan fingerprint density at radius 3 is 2.63 bits per heavy atom. The number of anilines is 1. The molecule has 11 heteroatoms. The van der Waals surface area contributed by atoms with Gasteiger partial charge >= 0.3 is 6.61 Å². The smallest absolute Gasteiger partial charge is 0.387 e. The van der Waals surface area contributed by atoms with Gasteiger partial charge in [-0.2, -0.15) is 8.78 Å². The van der Waals surface area contributed by atoms with Crippen LogP contribution < -0.4 is 14.8 Å². The Kier molecular flexibility index (Phi) is 6.52. The Bertz CT molecular complexity index is 1060. The average molecular weight is 435 g/mol. The van der Waals surface area contributed by atoms with Gasteiger partial charge in [0, 0.05) is 16.5 Å². The molecule has 0 aliphatic heterocycles. The van der Waals surface area contributed by atoms with Gasteiger partial charge < -0.3 is 9.47 Å². The number of alkyl halides is 2. The molecule has 1 heterocycles. The lowest BCUT2D eigenvalue weighted by Crippen LogP contribution is -2.20. The predicted octanol–water partition coefficient (Wildman–Crippen LogP) is 4.65. The third-order valence-electron chi connectivity index (χ3n) is 3.79. The van der Waals surface area contributed by atoms with Crippen molar-refractivity contribution >= 4 is 28.1 Å². The van der Waals surface area contributed by atoms with Gasteiger partial charge in [-0.05, 0) is 37.3 Å². The summed E-state index contributed by atoms with van der Waals surface area (Å²) in [6, 6.07) is 11.5. The summed E-state index contributed by atoms with van der Waals surface area (Å²) in [5, 5.41) is 13.7. The van der Waals surface area contributed by atoms with Crippen molar-refractivity contribution in [3.63, 3.8) is 0 Å². The zero-order valence-electron chi connectivity index (χ0n) is 15.5. The normalized spacial score (nSPS) is 10.7. The summed E-state index contributed by atoms with van der Waals surface area (Å²) in [4.78, 5) is 27.5. The third-order valence-corrected chi connectivity index (χ3v) is 4.68. The van der Waals surface area contributed by atoms with Crippen LogP contribution >= 0.6 is 11.3 Å². The van der Waals surface area contributed by atoms with E-state index < -0.39 is 17.4 Å². The standard InChI is InChI=1S/C19H15F2N3O5S/c1-11-17(12-5-7-14(8-6-12)29-18(20)21)23-19(30-11)22-16(25)10-28-15-4-2-3-13(9-15)24(26)27/h2-9,18H,10H2,1H3,(H,22,23,25). The Hall–Kier alpha value is -3.60. The number of hydrogen-bond donors (Lipinski definition) is 1. The molecule has 2 aromatic carbocycles.